The third-order valence-corrected chi connectivity index (χ3v) is 2.13. The van der Waals surface area contributed by atoms with Crippen LogP contribution in [0.5, 0.6) is 0 Å². The van der Waals surface area contributed by atoms with E-state index in [1.807, 2.05) is 12.1 Å². The van der Waals surface area contributed by atoms with Gasteiger partial charge in [0, 0.05) is 0 Å². The molecule has 0 saturated heterocycles. The van der Waals surface area contributed by atoms with Crippen molar-refractivity contribution in [2.45, 2.75) is 12.8 Å². The number of nitriles is 1. The summed E-state index contributed by atoms with van der Waals surface area (Å²) in [6.07, 6.45) is 0. The van der Waals surface area contributed by atoms with Crippen molar-refractivity contribution in [1.29, 1.82) is 5.26 Å². The quantitative estimate of drug-likeness (QED) is 0.791. The summed E-state index contributed by atoms with van der Waals surface area (Å²) < 4.78 is 0. The van der Waals surface area contributed by atoms with Gasteiger partial charge in [-0.1, -0.05) is 30.3 Å². The van der Waals surface area contributed by atoms with Crippen LogP contribution in [0.1, 0.15) is 18.4 Å². The van der Waals surface area contributed by atoms with E-state index >= 15 is 0 Å². The van der Waals surface area contributed by atoms with E-state index in [9.17, 15) is 4.79 Å². The predicted octanol–water partition coefficient (Wildman–Crippen LogP) is 2.01. The van der Waals surface area contributed by atoms with Crippen molar-refractivity contribution in [3.63, 3.8) is 0 Å². The zero-order chi connectivity index (χ0) is 10.6. The summed E-state index contributed by atoms with van der Waals surface area (Å²) in [6.45, 7) is 1.62. The molecule has 0 bridgehead atoms. The summed E-state index contributed by atoms with van der Waals surface area (Å²) in [7, 11) is 0. The van der Waals surface area contributed by atoms with Gasteiger partial charge in [-0.3, -0.25) is 4.79 Å². The lowest BCUT2D eigenvalue weighted by atomic mass is 9.88. The normalized spacial score (nSPS) is 14.0. The molecule has 0 aromatic heterocycles. The first kappa shape index (κ1) is 10.3. The van der Waals surface area contributed by atoms with Crippen LogP contribution in [0.3, 0.4) is 0 Å². The largest absolute Gasteiger partial charge is 0.481 e. The van der Waals surface area contributed by atoms with Gasteiger partial charge in [-0.05, 0) is 12.5 Å². The molecule has 1 rings (SSSR count). The molecule has 0 saturated carbocycles. The zero-order valence-corrected chi connectivity index (χ0v) is 7.84. The molecule has 1 aromatic carbocycles. The minimum Gasteiger partial charge on any atom is -0.481 e. The molecule has 3 heteroatoms. The zero-order valence-electron chi connectivity index (χ0n) is 7.84. The molecule has 0 aliphatic carbocycles. The van der Waals surface area contributed by atoms with Crippen LogP contribution in [0.2, 0.25) is 0 Å². The molecular weight excluding hydrogens is 178 g/mol. The van der Waals surface area contributed by atoms with Gasteiger partial charge >= 0.3 is 5.97 Å². The molecule has 72 valence electrons. The molecule has 0 aliphatic rings. The molecule has 2 atom stereocenters. The van der Waals surface area contributed by atoms with Crippen LogP contribution in [-0.2, 0) is 4.79 Å². The van der Waals surface area contributed by atoms with E-state index in [0.717, 1.165) is 0 Å². The van der Waals surface area contributed by atoms with Gasteiger partial charge in [0.05, 0.1) is 17.9 Å². The molecule has 3 nitrogen and oxygen atoms in total. The first-order valence-electron chi connectivity index (χ1n) is 4.34. The van der Waals surface area contributed by atoms with Crippen molar-refractivity contribution in [2.75, 3.05) is 0 Å². The number of rotatable bonds is 3. The van der Waals surface area contributed by atoms with Crippen molar-refractivity contribution in [3.05, 3.63) is 35.9 Å². The van der Waals surface area contributed by atoms with Crippen LogP contribution in [0, 0.1) is 17.2 Å². The SMILES string of the molecule is CC(C#N)C(C(=O)O)c1ccccc1. The molecule has 0 fully saturated rings. The first-order chi connectivity index (χ1) is 6.66. The molecule has 14 heavy (non-hydrogen) atoms. The van der Waals surface area contributed by atoms with Gasteiger partial charge in [0.1, 0.15) is 0 Å². The Bertz CT molecular complexity index is 353. The maximum absolute atomic E-state index is 10.9. The highest BCUT2D eigenvalue weighted by Crippen LogP contribution is 2.24. The number of carboxylic acids is 1. The first-order valence-corrected chi connectivity index (χ1v) is 4.34. The number of carboxylic acid groups (broad SMARTS) is 1. The highest BCUT2D eigenvalue weighted by atomic mass is 16.4. The van der Waals surface area contributed by atoms with E-state index in [1.54, 1.807) is 31.2 Å². The summed E-state index contributed by atoms with van der Waals surface area (Å²) in [4.78, 5) is 10.9. The Morgan fingerprint density at radius 2 is 2.00 bits per heavy atom. The minimum atomic E-state index is -0.953. The third-order valence-electron chi connectivity index (χ3n) is 2.13. The second-order valence-corrected chi connectivity index (χ2v) is 3.14. The Morgan fingerprint density at radius 3 is 2.43 bits per heavy atom. The van der Waals surface area contributed by atoms with Crippen molar-refractivity contribution < 1.29 is 9.90 Å². The molecule has 0 radical (unpaired) electrons. The Labute approximate surface area is 82.6 Å². The molecule has 0 aliphatic heterocycles. The Morgan fingerprint density at radius 1 is 1.43 bits per heavy atom. The number of hydrogen-bond donors (Lipinski definition) is 1. The average molecular weight is 189 g/mol. The van der Waals surface area contributed by atoms with Gasteiger partial charge < -0.3 is 5.11 Å². The number of benzene rings is 1. The Balaban J connectivity index is 3.02. The van der Waals surface area contributed by atoms with Gasteiger partial charge in [-0.15, -0.1) is 0 Å². The molecule has 0 spiro atoms. The summed E-state index contributed by atoms with van der Waals surface area (Å²) in [6, 6.07) is 10.8. The lowest BCUT2D eigenvalue weighted by Gasteiger charge is -2.13. The van der Waals surface area contributed by atoms with Crippen LogP contribution in [-0.4, -0.2) is 11.1 Å². The van der Waals surface area contributed by atoms with Gasteiger partial charge in [-0.25, -0.2) is 0 Å². The van der Waals surface area contributed by atoms with Crippen molar-refractivity contribution in [2.24, 2.45) is 5.92 Å². The second-order valence-electron chi connectivity index (χ2n) is 3.14. The van der Waals surface area contributed by atoms with Crippen LogP contribution < -0.4 is 0 Å². The molecule has 0 amide bonds. The van der Waals surface area contributed by atoms with E-state index in [2.05, 4.69) is 0 Å². The summed E-state index contributed by atoms with van der Waals surface area (Å²) in [5, 5.41) is 17.7. The maximum atomic E-state index is 10.9. The number of aliphatic carboxylic acids is 1. The topological polar surface area (TPSA) is 61.1 Å². The number of nitrogens with zero attached hydrogens (tertiary/aromatic N) is 1. The van der Waals surface area contributed by atoms with Crippen molar-refractivity contribution >= 4 is 5.97 Å². The number of hydrogen-bond acceptors (Lipinski definition) is 2. The van der Waals surface area contributed by atoms with E-state index in [1.165, 1.54) is 0 Å². The second kappa shape index (κ2) is 4.43. The predicted molar refractivity (Wildman–Crippen MR) is 51.6 cm³/mol. The van der Waals surface area contributed by atoms with Crippen LogP contribution >= 0.6 is 0 Å². The summed E-state index contributed by atoms with van der Waals surface area (Å²) in [5.41, 5.74) is 0.675. The Kier molecular flexibility index (Phi) is 3.24. The lowest BCUT2D eigenvalue weighted by Crippen LogP contribution is -2.18. The van der Waals surface area contributed by atoms with E-state index < -0.39 is 17.8 Å². The smallest absolute Gasteiger partial charge is 0.312 e. The highest BCUT2D eigenvalue weighted by Gasteiger charge is 2.25. The van der Waals surface area contributed by atoms with Crippen LogP contribution in [0.15, 0.2) is 30.3 Å². The highest BCUT2D eigenvalue weighted by molar-refractivity contribution is 5.76. The minimum absolute atomic E-state index is 0.519. The monoisotopic (exact) mass is 189 g/mol. The van der Waals surface area contributed by atoms with Gasteiger partial charge in [-0.2, -0.15) is 5.26 Å². The summed E-state index contributed by atoms with van der Waals surface area (Å²) >= 11 is 0. The molecular formula is C11H11NO2. The van der Waals surface area contributed by atoms with E-state index in [4.69, 9.17) is 10.4 Å². The standard InChI is InChI=1S/C11H11NO2/c1-8(7-12)10(11(13)14)9-5-3-2-4-6-9/h2-6,8,10H,1H3,(H,13,14). The van der Waals surface area contributed by atoms with E-state index in [-0.39, 0.29) is 0 Å². The Hall–Kier alpha value is -1.82. The molecule has 1 N–H and O–H groups in total. The molecule has 0 heterocycles. The van der Waals surface area contributed by atoms with Crippen LogP contribution in [0.25, 0.3) is 0 Å². The fraction of sp³-hybridized carbons (Fsp3) is 0.273. The summed E-state index contributed by atoms with van der Waals surface area (Å²) in [5.74, 6) is -2.21. The fourth-order valence-electron chi connectivity index (χ4n) is 1.38. The molecule has 1 aromatic rings. The fourth-order valence-corrected chi connectivity index (χ4v) is 1.38. The van der Waals surface area contributed by atoms with Gasteiger partial charge in [0.25, 0.3) is 0 Å². The van der Waals surface area contributed by atoms with Gasteiger partial charge in [0.2, 0.25) is 0 Å². The average Bonchev–Trinajstić information content (AvgIpc) is 2.19. The third kappa shape index (κ3) is 2.11. The van der Waals surface area contributed by atoms with Gasteiger partial charge in [0.15, 0.2) is 0 Å². The number of carbonyl (C=O) groups is 1. The maximum Gasteiger partial charge on any atom is 0.312 e. The van der Waals surface area contributed by atoms with Crippen molar-refractivity contribution in [1.82, 2.24) is 0 Å². The molecule has 2 unspecified atom stereocenters. The van der Waals surface area contributed by atoms with Crippen molar-refractivity contribution in [3.8, 4) is 6.07 Å². The van der Waals surface area contributed by atoms with Crippen LogP contribution in [0.4, 0.5) is 0 Å². The lowest BCUT2D eigenvalue weighted by molar-refractivity contribution is -0.139. The van der Waals surface area contributed by atoms with E-state index in [0.29, 0.717) is 5.56 Å².